The molecule has 0 spiro atoms. The van der Waals surface area contributed by atoms with Crippen molar-refractivity contribution in [2.75, 3.05) is 13.1 Å². The Hall–Kier alpha value is -2.35. The van der Waals surface area contributed by atoms with Crippen LogP contribution in [0.3, 0.4) is 0 Å². The van der Waals surface area contributed by atoms with Crippen molar-refractivity contribution >= 4 is 27.7 Å². The number of likely N-dealkylation sites (tertiary alicyclic amines) is 1. The largest absolute Gasteiger partial charge is 0.490 e. The molecule has 2 N–H and O–H groups in total. The van der Waals surface area contributed by atoms with Crippen LogP contribution in [0.25, 0.3) is 0 Å². The van der Waals surface area contributed by atoms with Gasteiger partial charge >= 0.3 is 0 Å². The number of hydrogen-bond acceptors (Lipinski definition) is 4. The van der Waals surface area contributed by atoms with Gasteiger partial charge in [-0.15, -0.1) is 0 Å². The summed E-state index contributed by atoms with van der Waals surface area (Å²) in [7, 11) is 1.87. The fraction of sp³-hybridized carbons (Fsp3) is 0.450. The predicted molar refractivity (Wildman–Crippen MR) is 109 cm³/mol. The van der Waals surface area contributed by atoms with Gasteiger partial charge in [-0.3, -0.25) is 14.3 Å². The number of nitrogens with zero attached hydrogens (tertiary/aromatic N) is 3. The predicted octanol–water partition coefficient (Wildman–Crippen LogP) is 2.29. The average Bonchev–Trinajstić information content (AvgIpc) is 3.05. The molecule has 2 heterocycles. The van der Waals surface area contributed by atoms with Crippen LogP contribution in [0, 0.1) is 5.92 Å². The van der Waals surface area contributed by atoms with Crippen molar-refractivity contribution in [3.8, 4) is 5.75 Å². The maximum Gasteiger partial charge on any atom is 0.222 e. The molecule has 28 heavy (non-hydrogen) atoms. The smallest absolute Gasteiger partial charge is 0.222 e. The first kappa shape index (κ1) is 20.4. The monoisotopic (exact) mass is 448 g/mol. The zero-order valence-corrected chi connectivity index (χ0v) is 17.5. The average molecular weight is 449 g/mol. The molecule has 0 aliphatic carbocycles. The molecule has 0 saturated carbocycles. The Balaban J connectivity index is 1.61. The molecule has 1 saturated heterocycles. The molecule has 0 unspecified atom stereocenters. The molecular weight excluding hydrogens is 424 g/mol. The summed E-state index contributed by atoms with van der Waals surface area (Å²) in [5.74, 6) is 0.323. The van der Waals surface area contributed by atoms with E-state index in [0.29, 0.717) is 32.4 Å². The van der Waals surface area contributed by atoms with E-state index in [4.69, 9.17) is 10.5 Å². The lowest BCUT2D eigenvalue weighted by Gasteiger charge is -2.38. The number of benzene rings is 1. The van der Waals surface area contributed by atoms with Crippen molar-refractivity contribution in [3.63, 3.8) is 0 Å². The number of halogens is 1. The normalized spacial score (nSPS) is 19.4. The van der Waals surface area contributed by atoms with Crippen molar-refractivity contribution in [2.24, 2.45) is 18.7 Å². The Morgan fingerprint density at radius 2 is 2.18 bits per heavy atom. The molecule has 3 rings (SSSR count). The molecule has 0 radical (unpaired) electrons. The summed E-state index contributed by atoms with van der Waals surface area (Å²) >= 11 is 3.44. The first-order valence-corrected chi connectivity index (χ1v) is 10.2. The third-order valence-electron chi connectivity index (χ3n) is 5.08. The lowest BCUT2D eigenvalue weighted by atomic mass is 9.90. The molecule has 150 valence electrons. The number of primary amides is 1. The lowest BCUT2D eigenvalue weighted by Crippen LogP contribution is -2.49. The maximum absolute atomic E-state index is 12.7. The van der Waals surface area contributed by atoms with Crippen molar-refractivity contribution in [2.45, 2.75) is 31.8 Å². The van der Waals surface area contributed by atoms with Gasteiger partial charge in [0.25, 0.3) is 0 Å². The van der Waals surface area contributed by atoms with Gasteiger partial charge in [0.2, 0.25) is 11.8 Å². The number of hydrogen-bond donors (Lipinski definition) is 1. The minimum atomic E-state index is -0.378. The van der Waals surface area contributed by atoms with Crippen molar-refractivity contribution in [1.82, 2.24) is 14.7 Å². The van der Waals surface area contributed by atoms with E-state index in [1.165, 1.54) is 0 Å². The molecule has 1 aromatic heterocycles. The Morgan fingerprint density at radius 1 is 1.36 bits per heavy atom. The molecule has 0 bridgehead atoms. The van der Waals surface area contributed by atoms with Crippen LogP contribution in [0.1, 0.15) is 25.0 Å². The highest BCUT2D eigenvalue weighted by Gasteiger charge is 2.33. The van der Waals surface area contributed by atoms with Gasteiger partial charge in [0.05, 0.1) is 0 Å². The second-order valence-corrected chi connectivity index (χ2v) is 8.03. The molecule has 1 aliphatic heterocycles. The number of carbonyl (C=O) groups is 2. The highest BCUT2D eigenvalue weighted by molar-refractivity contribution is 9.10. The Kier molecular flexibility index (Phi) is 6.72. The molecule has 2 atom stereocenters. The number of nitrogens with two attached hydrogens (primary N) is 1. The number of amides is 2. The second kappa shape index (κ2) is 9.23. The summed E-state index contributed by atoms with van der Waals surface area (Å²) in [5.41, 5.74) is 6.47. The minimum Gasteiger partial charge on any atom is -0.490 e. The number of aryl methyl sites for hydroxylation is 2. The van der Waals surface area contributed by atoms with Gasteiger partial charge in [0.1, 0.15) is 11.9 Å². The summed E-state index contributed by atoms with van der Waals surface area (Å²) in [4.78, 5) is 26.1. The standard InChI is InChI=1S/C20H25BrN4O3/c1-24-16(7-9-23-24)5-6-20(27)25-10-8-18(14(13-25)11-19(22)26)28-17-4-2-3-15(21)12-17/h2-4,7,9,12,14,18H,5-6,8,10-11,13H2,1H3,(H2,22,26)/t14-,18-/m0/s1. The fourth-order valence-corrected chi connectivity index (χ4v) is 3.98. The van der Waals surface area contributed by atoms with Crippen LogP contribution in [0.5, 0.6) is 5.75 Å². The number of ether oxygens (including phenoxy) is 1. The number of rotatable bonds is 7. The van der Waals surface area contributed by atoms with E-state index in [2.05, 4.69) is 21.0 Å². The van der Waals surface area contributed by atoms with E-state index in [0.717, 1.165) is 15.9 Å². The van der Waals surface area contributed by atoms with Gasteiger partial charge in [-0.05, 0) is 30.7 Å². The quantitative estimate of drug-likeness (QED) is 0.703. The SMILES string of the molecule is Cn1nccc1CCC(=O)N1CC[C@H](Oc2cccc(Br)c2)[C@@H](CC(N)=O)C1. The summed E-state index contributed by atoms with van der Waals surface area (Å²) in [5, 5.41) is 4.13. The van der Waals surface area contributed by atoms with E-state index in [1.54, 1.807) is 10.9 Å². The van der Waals surface area contributed by atoms with Gasteiger partial charge < -0.3 is 15.4 Å². The van der Waals surface area contributed by atoms with Crippen LogP contribution in [0.4, 0.5) is 0 Å². The van der Waals surface area contributed by atoms with E-state index in [9.17, 15) is 9.59 Å². The first-order valence-electron chi connectivity index (χ1n) is 9.37. The van der Waals surface area contributed by atoms with Crippen molar-refractivity contribution in [3.05, 3.63) is 46.7 Å². The summed E-state index contributed by atoms with van der Waals surface area (Å²) < 4.78 is 8.83. The number of carbonyl (C=O) groups excluding carboxylic acids is 2. The first-order chi connectivity index (χ1) is 13.4. The zero-order valence-electron chi connectivity index (χ0n) is 15.9. The third kappa shape index (κ3) is 5.34. The highest BCUT2D eigenvalue weighted by Crippen LogP contribution is 2.27. The zero-order chi connectivity index (χ0) is 20.1. The topological polar surface area (TPSA) is 90.4 Å². The molecule has 1 aliphatic rings. The molecule has 7 nitrogen and oxygen atoms in total. The summed E-state index contributed by atoms with van der Waals surface area (Å²) in [6, 6.07) is 9.53. The lowest BCUT2D eigenvalue weighted by molar-refractivity contribution is -0.136. The van der Waals surface area contributed by atoms with Crippen LogP contribution in [-0.2, 0) is 23.1 Å². The Labute approximate surface area is 173 Å². The van der Waals surface area contributed by atoms with E-state index >= 15 is 0 Å². The molecule has 1 fully saturated rings. The van der Waals surface area contributed by atoms with Gasteiger partial charge in [0, 0.05) is 61.7 Å². The molecule has 1 aromatic carbocycles. The van der Waals surface area contributed by atoms with Crippen LogP contribution in [-0.4, -0.2) is 45.7 Å². The third-order valence-corrected chi connectivity index (χ3v) is 5.57. The molecule has 2 amide bonds. The van der Waals surface area contributed by atoms with Gasteiger partial charge in [0.15, 0.2) is 0 Å². The van der Waals surface area contributed by atoms with Gasteiger partial charge in [-0.25, -0.2) is 0 Å². The van der Waals surface area contributed by atoms with Crippen LogP contribution in [0.2, 0.25) is 0 Å². The summed E-state index contributed by atoms with van der Waals surface area (Å²) in [6.07, 6.45) is 3.51. The molecule has 8 heteroatoms. The van der Waals surface area contributed by atoms with E-state index in [1.807, 2.05) is 42.3 Å². The van der Waals surface area contributed by atoms with Crippen LogP contribution >= 0.6 is 15.9 Å². The number of piperidine rings is 1. The van der Waals surface area contributed by atoms with E-state index < -0.39 is 0 Å². The highest BCUT2D eigenvalue weighted by atomic mass is 79.9. The Bertz CT molecular complexity index is 838. The van der Waals surface area contributed by atoms with Crippen molar-refractivity contribution in [1.29, 1.82) is 0 Å². The van der Waals surface area contributed by atoms with E-state index in [-0.39, 0.29) is 30.3 Å². The van der Waals surface area contributed by atoms with Crippen molar-refractivity contribution < 1.29 is 14.3 Å². The molecule has 2 aromatic rings. The van der Waals surface area contributed by atoms with Gasteiger partial charge in [-0.1, -0.05) is 22.0 Å². The minimum absolute atomic E-state index is 0.0802. The Morgan fingerprint density at radius 3 is 2.86 bits per heavy atom. The van der Waals surface area contributed by atoms with Crippen LogP contribution < -0.4 is 10.5 Å². The maximum atomic E-state index is 12.7. The number of aromatic nitrogens is 2. The van der Waals surface area contributed by atoms with Gasteiger partial charge in [-0.2, -0.15) is 5.10 Å². The van der Waals surface area contributed by atoms with Crippen LogP contribution in [0.15, 0.2) is 41.0 Å². The molecular formula is C20H25BrN4O3. The fourth-order valence-electron chi connectivity index (χ4n) is 3.60. The summed E-state index contributed by atoms with van der Waals surface area (Å²) in [6.45, 7) is 1.09. The second-order valence-electron chi connectivity index (χ2n) is 7.12.